The molecule has 0 aromatic rings. The molecule has 110 valence electrons. The highest BCUT2D eigenvalue weighted by atomic mass is 16.5. The number of amides is 1. The Kier molecular flexibility index (Phi) is 3.08. The average Bonchev–Trinajstić information content (AvgIpc) is 3.00. The van der Waals surface area contributed by atoms with Gasteiger partial charge < -0.3 is 15.2 Å². The van der Waals surface area contributed by atoms with Crippen molar-refractivity contribution in [2.45, 2.75) is 25.3 Å². The Balaban J connectivity index is 1.48. The van der Waals surface area contributed by atoms with Crippen LogP contribution in [-0.2, 0) is 9.53 Å². The van der Waals surface area contributed by atoms with E-state index < -0.39 is 0 Å². The maximum absolute atomic E-state index is 12.5. The number of hydrogen-bond acceptors (Lipinski definition) is 3. The Morgan fingerprint density at radius 3 is 2.90 bits per heavy atom. The number of nitrogens with one attached hydrogen (secondary N) is 1. The first kappa shape index (κ1) is 13.0. The van der Waals surface area contributed by atoms with Crippen LogP contribution < -0.4 is 5.32 Å². The van der Waals surface area contributed by atoms with E-state index in [1.54, 1.807) is 0 Å². The maximum Gasteiger partial charge on any atom is 0.252 e. The van der Waals surface area contributed by atoms with Gasteiger partial charge in [-0.2, -0.15) is 0 Å². The first-order valence-electron chi connectivity index (χ1n) is 7.64. The van der Waals surface area contributed by atoms with Gasteiger partial charge in [-0.3, -0.25) is 4.79 Å². The van der Waals surface area contributed by atoms with E-state index in [2.05, 4.69) is 11.4 Å². The fourth-order valence-electron chi connectivity index (χ4n) is 3.51. The Labute approximate surface area is 123 Å². The number of carbonyl (C=O) groups is 1. The van der Waals surface area contributed by atoms with Crippen LogP contribution in [0.5, 0.6) is 0 Å². The number of fused-ring (bicyclic) bond motifs is 2. The molecular formula is C17H19NO3. The van der Waals surface area contributed by atoms with Crippen LogP contribution in [0, 0.1) is 5.92 Å². The number of aliphatic hydroxyl groups is 1. The van der Waals surface area contributed by atoms with Crippen LogP contribution in [0.25, 0.3) is 0 Å². The lowest BCUT2D eigenvalue weighted by Crippen LogP contribution is -2.45. The summed E-state index contributed by atoms with van der Waals surface area (Å²) in [5, 5.41) is 12.6. The zero-order valence-corrected chi connectivity index (χ0v) is 11.9. The van der Waals surface area contributed by atoms with Crippen LogP contribution in [0.1, 0.15) is 19.3 Å². The number of carbonyl (C=O) groups excluding carboxylic acids is 1. The molecule has 0 bridgehead atoms. The predicted molar refractivity (Wildman–Crippen MR) is 78.5 cm³/mol. The Morgan fingerprint density at radius 2 is 2.14 bits per heavy atom. The quantitative estimate of drug-likeness (QED) is 0.821. The molecule has 0 radical (unpaired) electrons. The second-order valence-electron chi connectivity index (χ2n) is 6.11. The monoisotopic (exact) mass is 285 g/mol. The summed E-state index contributed by atoms with van der Waals surface area (Å²) in [5.41, 5.74) is 5.79. The van der Waals surface area contributed by atoms with Crippen molar-refractivity contribution >= 4 is 5.91 Å². The Hall–Kier alpha value is -1.65. The number of aliphatic hydroxyl groups excluding tert-OH is 1. The third-order valence-corrected chi connectivity index (χ3v) is 4.86. The summed E-state index contributed by atoms with van der Waals surface area (Å²) >= 11 is 0. The second-order valence-corrected chi connectivity index (χ2v) is 6.11. The average molecular weight is 285 g/mol. The van der Waals surface area contributed by atoms with Crippen LogP contribution in [-0.4, -0.2) is 36.9 Å². The lowest BCUT2D eigenvalue weighted by Gasteiger charge is -2.29. The van der Waals surface area contributed by atoms with Crippen LogP contribution in [0.4, 0.5) is 0 Å². The predicted octanol–water partition coefficient (Wildman–Crippen LogP) is 1.40. The standard InChI is InChI=1S/C17H19NO3/c19-9-16(10-3-5-21-6-4-10)18-17(20)13-2-1-12-14-7-11(14)8-15(12)13/h1-2,8,10,16,19H,3-7,9H2,(H,18,20). The van der Waals surface area contributed by atoms with Gasteiger partial charge in [0.2, 0.25) is 0 Å². The molecule has 1 amide bonds. The van der Waals surface area contributed by atoms with E-state index in [0.29, 0.717) is 19.1 Å². The van der Waals surface area contributed by atoms with Gasteiger partial charge in [-0.25, -0.2) is 0 Å². The second kappa shape index (κ2) is 4.97. The molecule has 1 saturated carbocycles. The van der Waals surface area contributed by atoms with Crippen LogP contribution in [0.3, 0.4) is 0 Å². The molecule has 4 heteroatoms. The fraction of sp³-hybridized carbons (Fsp3) is 0.471. The van der Waals surface area contributed by atoms with E-state index in [1.165, 1.54) is 16.7 Å². The molecule has 1 aliphatic heterocycles. The first-order valence-corrected chi connectivity index (χ1v) is 7.64. The molecule has 4 nitrogen and oxygen atoms in total. The molecule has 2 fully saturated rings. The molecule has 4 rings (SSSR count). The largest absolute Gasteiger partial charge is 0.394 e. The van der Waals surface area contributed by atoms with Crippen molar-refractivity contribution < 1.29 is 14.6 Å². The van der Waals surface area contributed by atoms with Crippen LogP contribution in [0.15, 0.2) is 46.1 Å². The molecule has 1 unspecified atom stereocenters. The van der Waals surface area contributed by atoms with Crippen molar-refractivity contribution in [2.24, 2.45) is 5.92 Å². The number of ether oxygens (including phenoxy) is 1. The third-order valence-electron chi connectivity index (χ3n) is 4.86. The van der Waals surface area contributed by atoms with Gasteiger partial charge in [-0.05, 0) is 59.6 Å². The van der Waals surface area contributed by atoms with Crippen molar-refractivity contribution in [3.8, 4) is 0 Å². The normalized spacial score (nSPS) is 24.9. The van der Waals surface area contributed by atoms with Gasteiger partial charge in [0, 0.05) is 18.8 Å². The summed E-state index contributed by atoms with van der Waals surface area (Å²) in [6.07, 6.45) is 8.94. The molecule has 21 heavy (non-hydrogen) atoms. The summed E-state index contributed by atoms with van der Waals surface area (Å²) < 4.78 is 5.34. The summed E-state index contributed by atoms with van der Waals surface area (Å²) in [6, 6.07) is -0.178. The zero-order chi connectivity index (χ0) is 14.4. The van der Waals surface area contributed by atoms with E-state index in [0.717, 1.165) is 30.4 Å². The van der Waals surface area contributed by atoms with E-state index >= 15 is 0 Å². The number of allylic oxidation sites excluding steroid dienone is 6. The van der Waals surface area contributed by atoms with E-state index in [1.807, 2.05) is 12.2 Å². The topological polar surface area (TPSA) is 58.6 Å². The SMILES string of the molecule is O=C(NC(CO)C1CCOCC1)C1=C2C=C3CC3=C2C=C1. The van der Waals surface area contributed by atoms with Crippen LogP contribution in [0.2, 0.25) is 0 Å². The van der Waals surface area contributed by atoms with Gasteiger partial charge in [0.25, 0.3) is 5.91 Å². The summed E-state index contributed by atoms with van der Waals surface area (Å²) in [7, 11) is 0. The number of hydrogen-bond donors (Lipinski definition) is 2. The first-order chi connectivity index (χ1) is 10.3. The zero-order valence-electron chi connectivity index (χ0n) is 11.9. The third kappa shape index (κ3) is 2.19. The minimum Gasteiger partial charge on any atom is -0.394 e. The van der Waals surface area contributed by atoms with Crippen molar-refractivity contribution in [3.63, 3.8) is 0 Å². The molecular weight excluding hydrogens is 266 g/mol. The maximum atomic E-state index is 12.5. The Morgan fingerprint density at radius 1 is 1.33 bits per heavy atom. The van der Waals surface area contributed by atoms with E-state index in [4.69, 9.17) is 4.74 Å². The Bertz CT molecular complexity index is 618. The molecule has 0 spiro atoms. The summed E-state index contributed by atoms with van der Waals surface area (Å²) in [5.74, 6) is 0.234. The highest BCUT2D eigenvalue weighted by Crippen LogP contribution is 2.51. The molecule has 0 aromatic heterocycles. The van der Waals surface area contributed by atoms with Gasteiger partial charge in [0.05, 0.1) is 12.6 Å². The fourth-order valence-corrected chi connectivity index (χ4v) is 3.51. The minimum absolute atomic E-state index is 0.0161. The molecule has 0 aromatic carbocycles. The molecule has 1 saturated heterocycles. The van der Waals surface area contributed by atoms with Gasteiger partial charge in [-0.1, -0.05) is 6.08 Å². The molecule has 1 heterocycles. The van der Waals surface area contributed by atoms with Crippen molar-refractivity contribution in [1.82, 2.24) is 5.32 Å². The van der Waals surface area contributed by atoms with Gasteiger partial charge >= 0.3 is 0 Å². The molecule has 4 aliphatic rings. The molecule has 3 aliphatic carbocycles. The van der Waals surface area contributed by atoms with Gasteiger partial charge in [-0.15, -0.1) is 0 Å². The van der Waals surface area contributed by atoms with E-state index in [9.17, 15) is 9.90 Å². The number of rotatable bonds is 4. The van der Waals surface area contributed by atoms with Crippen molar-refractivity contribution in [2.75, 3.05) is 19.8 Å². The molecule has 1 atom stereocenters. The molecule has 2 N–H and O–H groups in total. The van der Waals surface area contributed by atoms with Crippen molar-refractivity contribution in [1.29, 1.82) is 0 Å². The van der Waals surface area contributed by atoms with E-state index in [-0.39, 0.29) is 18.6 Å². The smallest absolute Gasteiger partial charge is 0.252 e. The lowest BCUT2D eigenvalue weighted by atomic mass is 9.92. The summed E-state index contributed by atoms with van der Waals surface area (Å²) in [4.78, 5) is 12.5. The lowest BCUT2D eigenvalue weighted by molar-refractivity contribution is -0.119. The summed E-state index contributed by atoms with van der Waals surface area (Å²) in [6.45, 7) is 1.41. The highest BCUT2D eigenvalue weighted by molar-refractivity contribution is 6.02. The minimum atomic E-state index is -0.178. The van der Waals surface area contributed by atoms with Crippen molar-refractivity contribution in [3.05, 3.63) is 46.1 Å². The van der Waals surface area contributed by atoms with Crippen LogP contribution >= 0.6 is 0 Å². The van der Waals surface area contributed by atoms with Gasteiger partial charge in [0.15, 0.2) is 0 Å². The van der Waals surface area contributed by atoms with Gasteiger partial charge in [0.1, 0.15) is 0 Å². The highest BCUT2D eigenvalue weighted by Gasteiger charge is 2.36.